The Bertz CT molecular complexity index is 981. The first kappa shape index (κ1) is 15.6. The first-order chi connectivity index (χ1) is 12.7. The summed E-state index contributed by atoms with van der Waals surface area (Å²) < 4.78 is 1.63. The molecule has 1 aliphatic heterocycles. The van der Waals surface area contributed by atoms with Gasteiger partial charge in [-0.25, -0.2) is 9.67 Å². The van der Waals surface area contributed by atoms with Crippen LogP contribution in [0.3, 0.4) is 0 Å². The lowest BCUT2D eigenvalue weighted by Gasteiger charge is -2.40. The topological polar surface area (TPSA) is 74.8 Å². The van der Waals surface area contributed by atoms with E-state index in [1.807, 2.05) is 6.07 Å². The number of aromatic nitrogens is 3. The van der Waals surface area contributed by atoms with Crippen molar-refractivity contribution in [3.8, 4) is 6.07 Å². The number of rotatable bonds is 3. The fourth-order valence-electron chi connectivity index (χ4n) is 4.46. The van der Waals surface area contributed by atoms with Crippen molar-refractivity contribution in [2.45, 2.75) is 45.1 Å². The van der Waals surface area contributed by atoms with Crippen LogP contribution in [0, 0.1) is 17.2 Å². The zero-order valence-electron chi connectivity index (χ0n) is 14.7. The molecule has 6 nitrogen and oxygen atoms in total. The second-order valence-electron chi connectivity index (χ2n) is 7.69. The number of pyridine rings is 1. The number of hydrogen-bond donors (Lipinski definition) is 0. The maximum atomic E-state index is 12.3. The lowest BCUT2D eigenvalue weighted by Crippen LogP contribution is -2.50. The Balaban J connectivity index is 1.31. The predicted octanol–water partition coefficient (Wildman–Crippen LogP) is 1.62. The summed E-state index contributed by atoms with van der Waals surface area (Å²) in [6.07, 6.45) is 6.25. The van der Waals surface area contributed by atoms with Crippen molar-refractivity contribution < 1.29 is 0 Å². The van der Waals surface area contributed by atoms with E-state index in [-0.39, 0.29) is 5.56 Å². The SMILES string of the molecule is N#Cc1cc2c(nc1N1CC(Cn3nc4c(cc3=O)CCC4)C1)CCC2. The van der Waals surface area contributed by atoms with Crippen molar-refractivity contribution in [3.05, 3.63) is 50.6 Å². The summed E-state index contributed by atoms with van der Waals surface area (Å²) in [5.41, 5.74) is 5.29. The molecule has 6 heteroatoms. The van der Waals surface area contributed by atoms with Gasteiger partial charge in [0.15, 0.2) is 0 Å². The third-order valence-corrected chi connectivity index (χ3v) is 5.86. The number of anilines is 1. The second kappa shape index (κ2) is 5.94. The second-order valence-corrected chi connectivity index (χ2v) is 7.69. The van der Waals surface area contributed by atoms with Crippen molar-refractivity contribution >= 4 is 5.82 Å². The lowest BCUT2D eigenvalue weighted by atomic mass is 9.99. The quantitative estimate of drug-likeness (QED) is 0.843. The van der Waals surface area contributed by atoms with E-state index >= 15 is 0 Å². The molecule has 0 amide bonds. The number of nitrogens with zero attached hydrogens (tertiary/aromatic N) is 5. The first-order valence-corrected chi connectivity index (χ1v) is 9.49. The van der Waals surface area contributed by atoms with E-state index in [0.717, 1.165) is 74.4 Å². The molecular weight excluding hydrogens is 326 g/mol. The third kappa shape index (κ3) is 2.50. The van der Waals surface area contributed by atoms with Gasteiger partial charge in [-0.3, -0.25) is 4.79 Å². The molecule has 132 valence electrons. The monoisotopic (exact) mass is 347 g/mol. The minimum Gasteiger partial charge on any atom is -0.355 e. The highest BCUT2D eigenvalue weighted by Crippen LogP contribution is 2.31. The van der Waals surface area contributed by atoms with E-state index in [1.54, 1.807) is 10.7 Å². The van der Waals surface area contributed by atoms with Gasteiger partial charge in [0.25, 0.3) is 5.56 Å². The van der Waals surface area contributed by atoms with Crippen LogP contribution < -0.4 is 10.5 Å². The molecule has 0 N–H and O–H groups in total. The van der Waals surface area contributed by atoms with Crippen molar-refractivity contribution in [1.82, 2.24) is 14.8 Å². The summed E-state index contributed by atoms with van der Waals surface area (Å²) in [5, 5.41) is 14.0. The van der Waals surface area contributed by atoms with Crippen LogP contribution in [0.25, 0.3) is 0 Å². The Morgan fingerprint density at radius 2 is 1.81 bits per heavy atom. The summed E-state index contributed by atoms with van der Waals surface area (Å²) >= 11 is 0. The van der Waals surface area contributed by atoms with Crippen LogP contribution in [0.15, 0.2) is 16.9 Å². The van der Waals surface area contributed by atoms with Crippen LogP contribution >= 0.6 is 0 Å². The van der Waals surface area contributed by atoms with Crippen molar-refractivity contribution in [1.29, 1.82) is 5.26 Å². The molecule has 2 aromatic rings. The number of hydrogen-bond acceptors (Lipinski definition) is 5. The van der Waals surface area contributed by atoms with Gasteiger partial charge in [-0.2, -0.15) is 10.4 Å². The van der Waals surface area contributed by atoms with Gasteiger partial charge in [-0.15, -0.1) is 0 Å². The highest BCUT2D eigenvalue weighted by atomic mass is 16.1. The van der Waals surface area contributed by atoms with Gasteiger partial charge in [0.1, 0.15) is 11.9 Å². The zero-order chi connectivity index (χ0) is 17.7. The molecule has 0 radical (unpaired) electrons. The van der Waals surface area contributed by atoms with Gasteiger partial charge >= 0.3 is 0 Å². The van der Waals surface area contributed by atoms with E-state index in [4.69, 9.17) is 4.98 Å². The number of aryl methyl sites for hydroxylation is 4. The minimum absolute atomic E-state index is 0.0115. The minimum atomic E-state index is 0.0115. The summed E-state index contributed by atoms with van der Waals surface area (Å²) in [6.45, 7) is 2.30. The zero-order valence-corrected chi connectivity index (χ0v) is 14.7. The first-order valence-electron chi connectivity index (χ1n) is 9.49. The van der Waals surface area contributed by atoms with Crippen LogP contribution in [-0.4, -0.2) is 27.9 Å². The summed E-state index contributed by atoms with van der Waals surface area (Å²) in [7, 11) is 0. The molecule has 1 fully saturated rings. The van der Waals surface area contributed by atoms with Gasteiger partial charge in [-0.05, 0) is 55.7 Å². The Labute approximate surface area is 152 Å². The Kier molecular flexibility index (Phi) is 3.56. The molecule has 0 saturated carbocycles. The lowest BCUT2D eigenvalue weighted by molar-refractivity contribution is 0.331. The molecule has 0 atom stereocenters. The highest BCUT2D eigenvalue weighted by Gasteiger charge is 2.31. The largest absolute Gasteiger partial charge is 0.355 e. The Morgan fingerprint density at radius 1 is 1.08 bits per heavy atom. The molecule has 1 saturated heterocycles. The maximum absolute atomic E-state index is 12.3. The molecule has 0 spiro atoms. The fraction of sp³-hybridized carbons (Fsp3) is 0.500. The molecule has 2 aromatic heterocycles. The molecule has 0 aromatic carbocycles. The van der Waals surface area contributed by atoms with E-state index in [0.29, 0.717) is 18.0 Å². The normalized spacial score (nSPS) is 18.3. The van der Waals surface area contributed by atoms with Gasteiger partial charge in [0.05, 0.1) is 17.8 Å². The maximum Gasteiger partial charge on any atom is 0.267 e. The van der Waals surface area contributed by atoms with Crippen LogP contribution in [0.1, 0.15) is 40.9 Å². The summed E-state index contributed by atoms with van der Waals surface area (Å²) in [5.74, 6) is 1.19. The van der Waals surface area contributed by atoms with E-state index in [1.165, 1.54) is 5.56 Å². The van der Waals surface area contributed by atoms with Gasteiger partial charge in [0.2, 0.25) is 0 Å². The van der Waals surface area contributed by atoms with Crippen LogP contribution in [0.2, 0.25) is 0 Å². The molecule has 5 rings (SSSR count). The molecule has 2 aliphatic carbocycles. The number of fused-ring (bicyclic) bond motifs is 2. The molecule has 0 bridgehead atoms. The van der Waals surface area contributed by atoms with E-state index in [9.17, 15) is 10.1 Å². The van der Waals surface area contributed by atoms with Gasteiger partial charge < -0.3 is 4.90 Å². The Hall–Kier alpha value is -2.68. The average Bonchev–Trinajstić information content (AvgIpc) is 3.24. The van der Waals surface area contributed by atoms with Crippen LogP contribution in [0.4, 0.5) is 5.82 Å². The third-order valence-electron chi connectivity index (χ3n) is 5.86. The molecule has 26 heavy (non-hydrogen) atoms. The standard InChI is InChI=1S/C20H21N5O/c21-9-16-7-14-3-1-5-17(14)22-20(16)24-10-13(11-24)12-25-19(26)8-15-4-2-6-18(15)23-25/h7-8,13H,1-6,10-12H2. The van der Waals surface area contributed by atoms with E-state index in [2.05, 4.69) is 16.1 Å². The van der Waals surface area contributed by atoms with Crippen molar-refractivity contribution in [2.75, 3.05) is 18.0 Å². The summed E-state index contributed by atoms with van der Waals surface area (Å²) in [4.78, 5) is 19.2. The average molecular weight is 347 g/mol. The Morgan fingerprint density at radius 3 is 2.58 bits per heavy atom. The van der Waals surface area contributed by atoms with Crippen molar-refractivity contribution in [2.24, 2.45) is 5.92 Å². The van der Waals surface area contributed by atoms with Crippen molar-refractivity contribution in [3.63, 3.8) is 0 Å². The fourth-order valence-corrected chi connectivity index (χ4v) is 4.46. The van der Waals surface area contributed by atoms with Gasteiger partial charge in [-0.1, -0.05) is 0 Å². The number of nitriles is 1. The summed E-state index contributed by atoms with van der Waals surface area (Å²) in [6, 6.07) is 6.09. The van der Waals surface area contributed by atoms with E-state index < -0.39 is 0 Å². The molecular formula is C20H21N5O. The molecule has 3 heterocycles. The van der Waals surface area contributed by atoms with Crippen LogP contribution in [-0.2, 0) is 32.2 Å². The van der Waals surface area contributed by atoms with Gasteiger partial charge in [0, 0.05) is 30.8 Å². The predicted molar refractivity (Wildman–Crippen MR) is 97.2 cm³/mol. The smallest absolute Gasteiger partial charge is 0.267 e. The molecule has 3 aliphatic rings. The highest BCUT2D eigenvalue weighted by molar-refractivity contribution is 5.58. The molecule has 0 unspecified atom stereocenters. The van der Waals surface area contributed by atoms with Crippen LogP contribution in [0.5, 0.6) is 0 Å².